The number of rotatable bonds is 3. The van der Waals surface area contributed by atoms with E-state index in [2.05, 4.69) is 10.6 Å². The molecule has 0 aliphatic rings. The van der Waals surface area contributed by atoms with E-state index in [-0.39, 0.29) is 11.9 Å². The zero-order valence-electron chi connectivity index (χ0n) is 8.79. The average molecular weight is 192 g/mol. The van der Waals surface area contributed by atoms with E-state index >= 15 is 0 Å². The van der Waals surface area contributed by atoms with Crippen molar-refractivity contribution in [2.45, 2.75) is 19.9 Å². The summed E-state index contributed by atoms with van der Waals surface area (Å²) in [6, 6.07) is 7.58. The first-order chi connectivity index (χ1) is 6.63. The number of hydrogen-bond acceptors (Lipinski definition) is 2. The van der Waals surface area contributed by atoms with E-state index in [1.54, 1.807) is 7.05 Å². The van der Waals surface area contributed by atoms with Gasteiger partial charge in [0, 0.05) is 5.69 Å². The summed E-state index contributed by atoms with van der Waals surface area (Å²) in [5.41, 5.74) is 1.98. The molecule has 3 nitrogen and oxygen atoms in total. The van der Waals surface area contributed by atoms with Gasteiger partial charge in [0.05, 0.1) is 6.04 Å². The largest absolute Gasteiger partial charge is 0.325 e. The van der Waals surface area contributed by atoms with Gasteiger partial charge in [0.1, 0.15) is 0 Å². The van der Waals surface area contributed by atoms with Crippen molar-refractivity contribution in [1.29, 1.82) is 0 Å². The average Bonchev–Trinajstić information content (AvgIpc) is 2.16. The maximum Gasteiger partial charge on any atom is 0.241 e. The molecule has 0 spiro atoms. The van der Waals surface area contributed by atoms with Crippen molar-refractivity contribution in [2.75, 3.05) is 12.4 Å². The van der Waals surface area contributed by atoms with Gasteiger partial charge in [-0.15, -0.1) is 0 Å². The highest BCUT2D eigenvalue weighted by molar-refractivity contribution is 5.94. The Morgan fingerprint density at radius 1 is 1.43 bits per heavy atom. The van der Waals surface area contributed by atoms with Gasteiger partial charge in [-0.1, -0.05) is 12.1 Å². The van der Waals surface area contributed by atoms with Gasteiger partial charge in [0.2, 0.25) is 5.91 Å². The molecule has 0 aliphatic carbocycles. The molecule has 14 heavy (non-hydrogen) atoms. The number of hydrogen-bond donors (Lipinski definition) is 2. The Morgan fingerprint density at radius 2 is 2.14 bits per heavy atom. The monoisotopic (exact) mass is 192 g/mol. The molecule has 1 rings (SSSR count). The highest BCUT2D eigenvalue weighted by Gasteiger charge is 2.09. The Kier molecular flexibility index (Phi) is 3.65. The van der Waals surface area contributed by atoms with Crippen LogP contribution in [0.1, 0.15) is 12.5 Å². The fourth-order valence-electron chi connectivity index (χ4n) is 1.10. The molecule has 1 aromatic rings. The molecule has 0 fully saturated rings. The van der Waals surface area contributed by atoms with Gasteiger partial charge in [-0.05, 0) is 38.6 Å². The lowest BCUT2D eigenvalue weighted by molar-refractivity contribution is -0.117. The summed E-state index contributed by atoms with van der Waals surface area (Å²) in [4.78, 5) is 11.5. The molecular formula is C11H16N2O. The SMILES string of the molecule is CNC(C)C(=O)Nc1cccc(C)c1. The second-order valence-corrected chi connectivity index (χ2v) is 3.37. The molecule has 0 aliphatic heterocycles. The molecule has 1 aromatic carbocycles. The van der Waals surface area contributed by atoms with Crippen molar-refractivity contribution >= 4 is 11.6 Å². The highest BCUT2D eigenvalue weighted by atomic mass is 16.2. The number of anilines is 1. The van der Waals surface area contributed by atoms with E-state index in [1.165, 1.54) is 0 Å². The number of aryl methyl sites for hydroxylation is 1. The van der Waals surface area contributed by atoms with Crippen molar-refractivity contribution < 1.29 is 4.79 Å². The summed E-state index contributed by atoms with van der Waals surface area (Å²) in [6.07, 6.45) is 0. The topological polar surface area (TPSA) is 41.1 Å². The fraction of sp³-hybridized carbons (Fsp3) is 0.364. The van der Waals surface area contributed by atoms with Gasteiger partial charge in [-0.25, -0.2) is 0 Å². The quantitative estimate of drug-likeness (QED) is 0.762. The number of carbonyl (C=O) groups is 1. The summed E-state index contributed by atoms with van der Waals surface area (Å²) in [7, 11) is 1.76. The van der Waals surface area contributed by atoms with E-state index < -0.39 is 0 Å². The number of nitrogens with one attached hydrogen (secondary N) is 2. The smallest absolute Gasteiger partial charge is 0.241 e. The number of likely N-dealkylation sites (N-methyl/N-ethyl adjacent to an activating group) is 1. The number of benzene rings is 1. The lowest BCUT2D eigenvalue weighted by Crippen LogP contribution is -2.35. The zero-order valence-corrected chi connectivity index (χ0v) is 8.79. The van der Waals surface area contributed by atoms with E-state index in [0.29, 0.717) is 0 Å². The molecule has 0 heterocycles. The Hall–Kier alpha value is -1.35. The normalized spacial score (nSPS) is 12.2. The Labute approximate surface area is 84.5 Å². The molecule has 76 valence electrons. The Morgan fingerprint density at radius 3 is 2.71 bits per heavy atom. The van der Waals surface area contributed by atoms with Gasteiger partial charge in [0.25, 0.3) is 0 Å². The van der Waals surface area contributed by atoms with Crippen LogP contribution in [0.4, 0.5) is 5.69 Å². The molecule has 2 N–H and O–H groups in total. The van der Waals surface area contributed by atoms with Crippen molar-refractivity contribution in [3.63, 3.8) is 0 Å². The first-order valence-corrected chi connectivity index (χ1v) is 4.68. The summed E-state index contributed by atoms with van der Waals surface area (Å²) in [5, 5.41) is 5.72. The second-order valence-electron chi connectivity index (χ2n) is 3.37. The minimum Gasteiger partial charge on any atom is -0.325 e. The lowest BCUT2D eigenvalue weighted by atomic mass is 10.2. The highest BCUT2D eigenvalue weighted by Crippen LogP contribution is 2.09. The van der Waals surface area contributed by atoms with Crippen LogP contribution in [0, 0.1) is 6.92 Å². The van der Waals surface area contributed by atoms with Crippen LogP contribution in [-0.2, 0) is 4.79 Å². The summed E-state index contributed by atoms with van der Waals surface area (Å²) in [6.45, 7) is 3.82. The van der Waals surface area contributed by atoms with Crippen molar-refractivity contribution in [2.24, 2.45) is 0 Å². The Bertz CT molecular complexity index is 323. The second kappa shape index (κ2) is 4.77. The van der Waals surface area contributed by atoms with Crippen LogP contribution in [0.2, 0.25) is 0 Å². The van der Waals surface area contributed by atoms with Crippen LogP contribution < -0.4 is 10.6 Å². The third kappa shape index (κ3) is 2.85. The first kappa shape index (κ1) is 10.7. The molecule has 0 saturated carbocycles. The molecule has 1 atom stereocenters. The minimum absolute atomic E-state index is 0.0156. The summed E-state index contributed by atoms with van der Waals surface area (Å²) < 4.78 is 0. The van der Waals surface area contributed by atoms with Crippen molar-refractivity contribution in [3.05, 3.63) is 29.8 Å². The van der Waals surface area contributed by atoms with Crippen LogP contribution >= 0.6 is 0 Å². The summed E-state index contributed by atoms with van der Waals surface area (Å²) >= 11 is 0. The predicted molar refractivity (Wildman–Crippen MR) is 58.3 cm³/mol. The van der Waals surface area contributed by atoms with Crippen LogP contribution in [-0.4, -0.2) is 19.0 Å². The van der Waals surface area contributed by atoms with Crippen molar-refractivity contribution in [3.8, 4) is 0 Å². The standard InChI is InChI=1S/C11H16N2O/c1-8-5-4-6-10(7-8)13-11(14)9(2)12-3/h4-7,9,12H,1-3H3,(H,13,14). The van der Waals surface area contributed by atoms with E-state index in [0.717, 1.165) is 11.3 Å². The maximum absolute atomic E-state index is 11.5. The van der Waals surface area contributed by atoms with Crippen molar-refractivity contribution in [1.82, 2.24) is 5.32 Å². The third-order valence-electron chi connectivity index (χ3n) is 2.11. The minimum atomic E-state index is -0.171. The summed E-state index contributed by atoms with van der Waals surface area (Å²) in [5.74, 6) is -0.0156. The van der Waals surface area contributed by atoms with E-state index in [9.17, 15) is 4.79 Å². The van der Waals surface area contributed by atoms with Gasteiger partial charge >= 0.3 is 0 Å². The molecule has 3 heteroatoms. The van der Waals surface area contributed by atoms with E-state index in [4.69, 9.17) is 0 Å². The van der Waals surface area contributed by atoms with Crippen LogP contribution in [0.3, 0.4) is 0 Å². The van der Waals surface area contributed by atoms with Gasteiger partial charge < -0.3 is 10.6 Å². The number of amides is 1. The third-order valence-corrected chi connectivity index (χ3v) is 2.11. The number of carbonyl (C=O) groups excluding carboxylic acids is 1. The van der Waals surface area contributed by atoms with Gasteiger partial charge in [-0.2, -0.15) is 0 Å². The predicted octanol–water partition coefficient (Wildman–Crippen LogP) is 1.54. The van der Waals surface area contributed by atoms with Gasteiger partial charge in [-0.3, -0.25) is 4.79 Å². The first-order valence-electron chi connectivity index (χ1n) is 4.68. The molecule has 0 radical (unpaired) electrons. The lowest BCUT2D eigenvalue weighted by Gasteiger charge is -2.11. The zero-order chi connectivity index (χ0) is 10.6. The Balaban J connectivity index is 2.65. The molecule has 0 saturated heterocycles. The molecule has 0 bridgehead atoms. The van der Waals surface area contributed by atoms with Crippen LogP contribution in [0.25, 0.3) is 0 Å². The molecular weight excluding hydrogens is 176 g/mol. The van der Waals surface area contributed by atoms with Crippen LogP contribution in [0.5, 0.6) is 0 Å². The van der Waals surface area contributed by atoms with Crippen LogP contribution in [0.15, 0.2) is 24.3 Å². The maximum atomic E-state index is 11.5. The molecule has 0 aromatic heterocycles. The molecule has 1 amide bonds. The van der Waals surface area contributed by atoms with E-state index in [1.807, 2.05) is 38.1 Å². The van der Waals surface area contributed by atoms with Gasteiger partial charge in [0.15, 0.2) is 0 Å². The fourth-order valence-corrected chi connectivity index (χ4v) is 1.10. The molecule has 1 unspecified atom stereocenters.